The van der Waals surface area contributed by atoms with Crippen LogP contribution in [0.25, 0.3) is 0 Å². The van der Waals surface area contributed by atoms with Crippen molar-refractivity contribution in [3.8, 4) is 5.75 Å². The van der Waals surface area contributed by atoms with Crippen LogP contribution in [-0.2, 0) is 0 Å². The van der Waals surface area contributed by atoms with E-state index in [-0.39, 0.29) is 0 Å². The maximum atomic E-state index is 5.97. The average molecular weight is 263 g/mol. The molecule has 3 heteroatoms. The van der Waals surface area contributed by atoms with E-state index in [1.807, 2.05) is 11.8 Å². The van der Waals surface area contributed by atoms with E-state index < -0.39 is 0 Å². The van der Waals surface area contributed by atoms with Gasteiger partial charge < -0.3 is 10.1 Å². The van der Waals surface area contributed by atoms with Crippen LogP contribution in [0.3, 0.4) is 0 Å². The summed E-state index contributed by atoms with van der Waals surface area (Å²) in [4.78, 5) is 0. The smallest absolute Gasteiger partial charge is 0.119 e. The Balaban J connectivity index is 1.54. The third kappa shape index (κ3) is 3.14. The van der Waals surface area contributed by atoms with Crippen molar-refractivity contribution in [1.82, 2.24) is 0 Å². The first kappa shape index (κ1) is 12.2. The third-order valence-electron chi connectivity index (χ3n) is 3.76. The van der Waals surface area contributed by atoms with Gasteiger partial charge in [-0.25, -0.2) is 0 Å². The molecule has 1 aliphatic heterocycles. The van der Waals surface area contributed by atoms with Gasteiger partial charge in [0.1, 0.15) is 5.75 Å². The van der Waals surface area contributed by atoms with E-state index >= 15 is 0 Å². The van der Waals surface area contributed by atoms with E-state index in [4.69, 9.17) is 4.74 Å². The average Bonchev–Trinajstić information content (AvgIpc) is 3.05. The number of hydrogen-bond acceptors (Lipinski definition) is 3. The van der Waals surface area contributed by atoms with Gasteiger partial charge in [0.15, 0.2) is 0 Å². The zero-order valence-electron chi connectivity index (χ0n) is 10.7. The topological polar surface area (TPSA) is 21.3 Å². The number of anilines is 1. The van der Waals surface area contributed by atoms with E-state index in [9.17, 15) is 0 Å². The molecule has 1 aliphatic carbocycles. The molecular formula is C15H21NOS. The normalized spacial score (nSPS) is 24.3. The zero-order valence-corrected chi connectivity index (χ0v) is 11.5. The first-order valence-corrected chi connectivity index (χ1v) is 8.16. The van der Waals surface area contributed by atoms with Crippen molar-refractivity contribution in [1.29, 1.82) is 0 Å². The minimum atomic E-state index is 0.454. The van der Waals surface area contributed by atoms with Gasteiger partial charge in [0, 0.05) is 17.5 Å². The molecule has 98 valence electrons. The highest BCUT2D eigenvalue weighted by Gasteiger charge is 2.17. The lowest BCUT2D eigenvalue weighted by molar-refractivity contribution is 0.210. The second-order valence-electron chi connectivity index (χ2n) is 5.25. The Hall–Kier alpha value is -0.830. The number of ether oxygens (including phenoxy) is 1. The minimum absolute atomic E-state index is 0.454. The minimum Gasteiger partial charge on any atom is -0.490 e. The Kier molecular flexibility index (Phi) is 3.99. The number of benzene rings is 1. The quantitative estimate of drug-likeness (QED) is 0.889. The van der Waals surface area contributed by atoms with Gasteiger partial charge in [0.25, 0.3) is 0 Å². The van der Waals surface area contributed by atoms with Gasteiger partial charge in [-0.1, -0.05) is 0 Å². The maximum absolute atomic E-state index is 5.97. The Morgan fingerprint density at radius 3 is 2.50 bits per heavy atom. The van der Waals surface area contributed by atoms with Crippen LogP contribution in [0.5, 0.6) is 5.75 Å². The van der Waals surface area contributed by atoms with Gasteiger partial charge in [-0.2, -0.15) is 11.8 Å². The first-order valence-electron chi connectivity index (χ1n) is 7.01. The second-order valence-corrected chi connectivity index (χ2v) is 6.40. The van der Waals surface area contributed by atoms with E-state index in [1.165, 1.54) is 49.3 Å². The molecular weight excluding hydrogens is 242 g/mol. The monoisotopic (exact) mass is 263 g/mol. The summed E-state index contributed by atoms with van der Waals surface area (Å²) in [6.45, 7) is 0. The predicted octanol–water partition coefficient (Wildman–Crippen LogP) is 3.93. The van der Waals surface area contributed by atoms with Crippen molar-refractivity contribution < 1.29 is 4.74 Å². The molecule has 1 unspecified atom stereocenters. The number of rotatable bonds is 4. The fraction of sp³-hybridized carbons (Fsp3) is 0.600. The van der Waals surface area contributed by atoms with Crippen molar-refractivity contribution >= 4 is 17.4 Å². The summed E-state index contributed by atoms with van der Waals surface area (Å²) in [7, 11) is 0. The Bertz CT molecular complexity index is 330. The van der Waals surface area contributed by atoms with Gasteiger partial charge in [0.2, 0.25) is 0 Å². The zero-order chi connectivity index (χ0) is 12.2. The van der Waals surface area contributed by atoms with Crippen LogP contribution in [0.1, 0.15) is 32.1 Å². The van der Waals surface area contributed by atoms with Crippen molar-refractivity contribution in [2.24, 2.45) is 0 Å². The molecule has 3 rings (SSSR count). The first-order chi connectivity index (χ1) is 8.90. The lowest BCUT2D eigenvalue weighted by atomic mass is 10.2. The van der Waals surface area contributed by atoms with Crippen molar-refractivity contribution in [2.45, 2.75) is 44.2 Å². The van der Waals surface area contributed by atoms with Crippen molar-refractivity contribution in [3.05, 3.63) is 24.3 Å². The Labute approximate surface area is 113 Å². The molecule has 0 bridgehead atoms. The number of nitrogens with one attached hydrogen (secondary N) is 1. The standard InChI is InChI=1S/C15H21NOS/c1-2-4-14(3-1)17-15-7-5-12(6-8-15)16-13-9-10-18-11-13/h5-8,13-14,16H,1-4,9-11H2. The summed E-state index contributed by atoms with van der Waals surface area (Å²) in [5, 5.41) is 3.59. The summed E-state index contributed by atoms with van der Waals surface area (Å²) < 4.78 is 5.97. The van der Waals surface area contributed by atoms with Gasteiger partial charge >= 0.3 is 0 Å². The fourth-order valence-corrected chi connectivity index (χ4v) is 3.86. The highest BCUT2D eigenvalue weighted by Crippen LogP contribution is 2.26. The van der Waals surface area contributed by atoms with Crippen LogP contribution < -0.4 is 10.1 Å². The highest BCUT2D eigenvalue weighted by atomic mass is 32.2. The number of thioether (sulfide) groups is 1. The van der Waals surface area contributed by atoms with Gasteiger partial charge in [-0.15, -0.1) is 0 Å². The molecule has 1 N–H and O–H groups in total. The van der Waals surface area contributed by atoms with E-state index in [2.05, 4.69) is 29.6 Å². The summed E-state index contributed by atoms with van der Waals surface area (Å²) >= 11 is 2.04. The molecule has 0 radical (unpaired) electrons. The molecule has 1 saturated heterocycles. The van der Waals surface area contributed by atoms with Crippen LogP contribution in [0, 0.1) is 0 Å². The maximum Gasteiger partial charge on any atom is 0.119 e. The highest BCUT2D eigenvalue weighted by molar-refractivity contribution is 7.99. The lowest BCUT2D eigenvalue weighted by Gasteiger charge is -2.15. The SMILES string of the molecule is c1cc(OC2CCCC2)ccc1NC1CCSC1. The van der Waals surface area contributed by atoms with E-state index in [1.54, 1.807) is 0 Å². The fourth-order valence-electron chi connectivity index (χ4n) is 2.71. The molecule has 2 nitrogen and oxygen atoms in total. The molecule has 0 spiro atoms. The molecule has 2 aliphatic rings. The van der Waals surface area contributed by atoms with Crippen LogP contribution in [-0.4, -0.2) is 23.7 Å². The van der Waals surface area contributed by atoms with Crippen LogP contribution in [0.15, 0.2) is 24.3 Å². The molecule has 1 aromatic carbocycles. The van der Waals surface area contributed by atoms with Gasteiger partial charge in [-0.3, -0.25) is 0 Å². The van der Waals surface area contributed by atoms with Gasteiger partial charge in [0.05, 0.1) is 6.10 Å². The second kappa shape index (κ2) is 5.87. The molecule has 18 heavy (non-hydrogen) atoms. The summed E-state index contributed by atoms with van der Waals surface area (Å²) in [5.41, 5.74) is 1.22. The molecule has 0 aromatic heterocycles. The molecule has 0 amide bonds. The van der Waals surface area contributed by atoms with Crippen molar-refractivity contribution in [3.63, 3.8) is 0 Å². The van der Waals surface area contributed by atoms with Crippen LogP contribution in [0.4, 0.5) is 5.69 Å². The summed E-state index contributed by atoms with van der Waals surface area (Å²) in [5.74, 6) is 3.55. The lowest BCUT2D eigenvalue weighted by Crippen LogP contribution is -2.17. The summed E-state index contributed by atoms with van der Waals surface area (Å²) in [6, 6.07) is 9.14. The predicted molar refractivity (Wildman–Crippen MR) is 78.7 cm³/mol. The van der Waals surface area contributed by atoms with Crippen LogP contribution >= 0.6 is 11.8 Å². The molecule has 1 atom stereocenters. The Morgan fingerprint density at radius 2 is 1.83 bits per heavy atom. The van der Waals surface area contributed by atoms with Gasteiger partial charge in [-0.05, 0) is 62.1 Å². The number of hydrogen-bond donors (Lipinski definition) is 1. The molecule has 2 fully saturated rings. The Morgan fingerprint density at radius 1 is 1.06 bits per heavy atom. The van der Waals surface area contributed by atoms with E-state index in [0.717, 1.165) is 5.75 Å². The largest absolute Gasteiger partial charge is 0.490 e. The molecule has 1 heterocycles. The van der Waals surface area contributed by atoms with E-state index in [0.29, 0.717) is 12.1 Å². The van der Waals surface area contributed by atoms with Crippen molar-refractivity contribution in [2.75, 3.05) is 16.8 Å². The van der Waals surface area contributed by atoms with Crippen LogP contribution in [0.2, 0.25) is 0 Å². The molecule has 1 aromatic rings. The summed E-state index contributed by atoms with van der Waals surface area (Å²) in [6.07, 6.45) is 6.83. The third-order valence-corrected chi connectivity index (χ3v) is 4.92. The molecule has 1 saturated carbocycles.